The summed E-state index contributed by atoms with van der Waals surface area (Å²) in [6.07, 6.45) is 2.53. The highest BCUT2D eigenvalue weighted by Crippen LogP contribution is 2.41. The van der Waals surface area contributed by atoms with Gasteiger partial charge in [-0.25, -0.2) is 0 Å². The fourth-order valence-electron chi connectivity index (χ4n) is 1.31. The molecule has 2 rings (SSSR count). The van der Waals surface area contributed by atoms with Crippen molar-refractivity contribution in [2.24, 2.45) is 0 Å². The Hall–Kier alpha value is -0.490. The monoisotopic (exact) mass is 165 g/mol. The summed E-state index contributed by atoms with van der Waals surface area (Å²) in [6.45, 7) is 2.14. The Kier molecular flexibility index (Phi) is 1.65. The van der Waals surface area contributed by atoms with Crippen LogP contribution in [0.1, 0.15) is 24.0 Å². The second-order valence-corrected chi connectivity index (χ2v) is 3.50. The molecule has 0 N–H and O–H groups in total. The van der Waals surface area contributed by atoms with Crippen molar-refractivity contribution in [3.8, 4) is 0 Å². The molecule has 0 amide bonds. The smallest absolute Gasteiger partial charge is 0.0409 e. The molecule has 0 spiro atoms. The van der Waals surface area contributed by atoms with Gasteiger partial charge in [0.15, 0.2) is 0 Å². The van der Waals surface area contributed by atoms with E-state index in [-0.39, 0.29) is 0 Å². The lowest BCUT2D eigenvalue weighted by Crippen LogP contribution is -1.84. The van der Waals surface area contributed by atoms with Crippen molar-refractivity contribution in [2.45, 2.75) is 19.8 Å². The highest BCUT2D eigenvalue weighted by Gasteiger charge is 2.25. The van der Waals surface area contributed by atoms with Gasteiger partial charge in [-0.3, -0.25) is 0 Å². The third kappa shape index (κ3) is 1.41. The lowest BCUT2D eigenvalue weighted by molar-refractivity contribution is 1.32. The lowest BCUT2D eigenvalue weighted by atomic mass is 10.1. The number of hydrogen-bond donors (Lipinski definition) is 0. The molecule has 0 saturated heterocycles. The summed E-state index contributed by atoms with van der Waals surface area (Å²) in [7, 11) is 0. The minimum Gasteiger partial charge on any atom is -0.0843 e. The standard InChI is InChI=1S/C10H10Cl/c1-7-2-5-9(11)6-10(7)8-3-4-8/h2,5-6H,3-4H2,1H3. The van der Waals surface area contributed by atoms with E-state index >= 15 is 0 Å². The molecule has 1 aliphatic carbocycles. The van der Waals surface area contributed by atoms with Crippen LogP contribution >= 0.6 is 11.6 Å². The maximum absolute atomic E-state index is 5.88. The van der Waals surface area contributed by atoms with E-state index in [0.717, 1.165) is 5.02 Å². The maximum atomic E-state index is 5.88. The highest BCUT2D eigenvalue weighted by atomic mass is 35.5. The zero-order valence-electron chi connectivity index (χ0n) is 6.52. The van der Waals surface area contributed by atoms with Gasteiger partial charge in [-0.15, -0.1) is 0 Å². The summed E-state index contributed by atoms with van der Waals surface area (Å²) in [5, 5.41) is 0.852. The first-order chi connectivity index (χ1) is 5.27. The van der Waals surface area contributed by atoms with Crippen molar-refractivity contribution in [1.29, 1.82) is 0 Å². The molecule has 57 valence electrons. The molecule has 1 aliphatic rings. The summed E-state index contributed by atoms with van der Waals surface area (Å²) < 4.78 is 0. The maximum Gasteiger partial charge on any atom is 0.0409 e. The Morgan fingerprint density at radius 2 is 2.00 bits per heavy atom. The second kappa shape index (κ2) is 2.53. The normalized spacial score (nSPS) is 16.9. The number of rotatable bonds is 1. The number of aryl methyl sites for hydroxylation is 1. The molecule has 0 unspecified atom stereocenters. The average molecular weight is 166 g/mol. The molecule has 0 aromatic heterocycles. The molecule has 1 aromatic rings. The van der Waals surface area contributed by atoms with Gasteiger partial charge in [-0.1, -0.05) is 17.7 Å². The van der Waals surface area contributed by atoms with Crippen LogP contribution in [-0.4, -0.2) is 0 Å². The molecule has 1 aromatic carbocycles. The number of benzene rings is 1. The van der Waals surface area contributed by atoms with E-state index in [1.807, 2.05) is 6.07 Å². The van der Waals surface area contributed by atoms with Gasteiger partial charge in [-0.2, -0.15) is 0 Å². The van der Waals surface area contributed by atoms with Gasteiger partial charge in [0, 0.05) is 10.9 Å². The Bertz CT molecular complexity index is 274. The highest BCUT2D eigenvalue weighted by molar-refractivity contribution is 6.30. The third-order valence-corrected chi connectivity index (χ3v) is 2.32. The first-order valence-electron chi connectivity index (χ1n) is 3.88. The van der Waals surface area contributed by atoms with Crippen LogP contribution in [0.4, 0.5) is 0 Å². The Morgan fingerprint density at radius 1 is 1.27 bits per heavy atom. The summed E-state index contributed by atoms with van der Waals surface area (Å²) in [5.41, 5.74) is 2.72. The molecule has 1 radical (unpaired) electrons. The fraction of sp³-hybridized carbons (Fsp3) is 0.300. The van der Waals surface area contributed by atoms with Crippen LogP contribution in [0.2, 0.25) is 5.02 Å². The molecule has 1 fully saturated rings. The average Bonchev–Trinajstić information content (AvgIpc) is 2.76. The van der Waals surface area contributed by atoms with E-state index < -0.39 is 0 Å². The van der Waals surface area contributed by atoms with Crippen LogP contribution in [0.5, 0.6) is 0 Å². The Balaban J connectivity index is 2.42. The van der Waals surface area contributed by atoms with Crippen LogP contribution in [0.3, 0.4) is 0 Å². The summed E-state index contributed by atoms with van der Waals surface area (Å²) in [6, 6.07) is 6.10. The van der Waals surface area contributed by atoms with E-state index in [4.69, 9.17) is 11.6 Å². The van der Waals surface area contributed by atoms with Crippen molar-refractivity contribution in [3.63, 3.8) is 0 Å². The zero-order chi connectivity index (χ0) is 7.84. The first-order valence-corrected chi connectivity index (χ1v) is 4.26. The molecule has 0 atom stereocenters. The second-order valence-electron chi connectivity index (χ2n) is 3.06. The van der Waals surface area contributed by atoms with Crippen molar-refractivity contribution in [1.82, 2.24) is 0 Å². The van der Waals surface area contributed by atoms with E-state index in [2.05, 4.69) is 19.1 Å². The predicted octanol–water partition coefficient (Wildman–Crippen LogP) is 3.36. The summed E-state index contributed by atoms with van der Waals surface area (Å²) in [5.74, 6) is 1.56. The molecule has 0 nitrogen and oxygen atoms in total. The lowest BCUT2D eigenvalue weighted by Gasteiger charge is -2.02. The summed E-state index contributed by atoms with van der Waals surface area (Å²) >= 11 is 5.88. The zero-order valence-corrected chi connectivity index (χ0v) is 7.28. The largest absolute Gasteiger partial charge is 0.0843 e. The minimum absolute atomic E-state index is 0.852. The van der Waals surface area contributed by atoms with E-state index in [9.17, 15) is 0 Å². The van der Waals surface area contributed by atoms with Crippen molar-refractivity contribution < 1.29 is 0 Å². The molecule has 1 heteroatoms. The fourth-order valence-corrected chi connectivity index (χ4v) is 1.48. The van der Waals surface area contributed by atoms with Crippen LogP contribution in [0, 0.1) is 12.8 Å². The van der Waals surface area contributed by atoms with Crippen molar-refractivity contribution >= 4 is 11.6 Å². The summed E-state index contributed by atoms with van der Waals surface area (Å²) in [4.78, 5) is 0. The first kappa shape index (κ1) is 7.17. The van der Waals surface area contributed by atoms with Crippen LogP contribution in [-0.2, 0) is 0 Å². The number of hydrogen-bond acceptors (Lipinski definition) is 0. The quantitative estimate of drug-likeness (QED) is 0.599. The SMILES string of the molecule is Cc1ccc(Cl)cc1[C]1CC1. The molecule has 1 saturated carbocycles. The van der Waals surface area contributed by atoms with Crippen LogP contribution < -0.4 is 0 Å². The van der Waals surface area contributed by atoms with Crippen molar-refractivity contribution in [3.05, 3.63) is 40.3 Å². The van der Waals surface area contributed by atoms with E-state index in [0.29, 0.717) is 0 Å². The Labute approximate surface area is 72.2 Å². The van der Waals surface area contributed by atoms with Gasteiger partial charge in [-0.05, 0) is 43.0 Å². The van der Waals surface area contributed by atoms with Gasteiger partial charge in [0.05, 0.1) is 0 Å². The Morgan fingerprint density at radius 3 is 2.64 bits per heavy atom. The molecule has 11 heavy (non-hydrogen) atoms. The van der Waals surface area contributed by atoms with E-state index in [1.165, 1.54) is 24.0 Å². The third-order valence-electron chi connectivity index (χ3n) is 2.08. The van der Waals surface area contributed by atoms with Crippen LogP contribution in [0.15, 0.2) is 18.2 Å². The molecule has 0 bridgehead atoms. The van der Waals surface area contributed by atoms with Gasteiger partial charge in [0.2, 0.25) is 0 Å². The van der Waals surface area contributed by atoms with E-state index in [1.54, 1.807) is 5.92 Å². The van der Waals surface area contributed by atoms with Gasteiger partial charge < -0.3 is 0 Å². The molecular formula is C10H10Cl. The number of halogens is 1. The molecular weight excluding hydrogens is 156 g/mol. The van der Waals surface area contributed by atoms with Gasteiger partial charge >= 0.3 is 0 Å². The van der Waals surface area contributed by atoms with Crippen molar-refractivity contribution in [2.75, 3.05) is 0 Å². The van der Waals surface area contributed by atoms with Gasteiger partial charge in [0.1, 0.15) is 0 Å². The molecule has 0 heterocycles. The van der Waals surface area contributed by atoms with Gasteiger partial charge in [0.25, 0.3) is 0 Å². The molecule has 0 aliphatic heterocycles. The minimum atomic E-state index is 0.852. The van der Waals surface area contributed by atoms with Crippen LogP contribution in [0.25, 0.3) is 0 Å². The predicted molar refractivity (Wildman–Crippen MR) is 47.8 cm³/mol. The topological polar surface area (TPSA) is 0 Å².